The van der Waals surface area contributed by atoms with Gasteiger partial charge in [0.25, 0.3) is 0 Å². The van der Waals surface area contributed by atoms with Crippen LogP contribution in [-0.2, 0) is 11.2 Å². The van der Waals surface area contributed by atoms with E-state index in [0.29, 0.717) is 24.5 Å². The maximum Gasteiger partial charge on any atom is 0.308 e. The first-order chi connectivity index (χ1) is 14.2. The summed E-state index contributed by atoms with van der Waals surface area (Å²) in [6.45, 7) is 2.61. The summed E-state index contributed by atoms with van der Waals surface area (Å²) in [5.74, 6) is 0.526. The van der Waals surface area contributed by atoms with Gasteiger partial charge in [-0.3, -0.25) is 10.1 Å². The molecular formula is C19H22F2IN7O. The van der Waals surface area contributed by atoms with Crippen LogP contribution >= 0.6 is 20.7 Å². The Balaban J connectivity index is 2.15. The van der Waals surface area contributed by atoms with Gasteiger partial charge in [0.2, 0.25) is 11.9 Å². The number of carbonyl (C=O) groups excluding carboxylic acids is 1. The summed E-state index contributed by atoms with van der Waals surface area (Å²) in [5.41, 5.74) is -0.402. The highest BCUT2D eigenvalue weighted by Gasteiger charge is 2.35. The van der Waals surface area contributed by atoms with Crippen molar-refractivity contribution in [3.05, 3.63) is 36.0 Å². The quantitative estimate of drug-likeness (QED) is 0.188. The van der Waals surface area contributed by atoms with E-state index in [0.717, 1.165) is 5.56 Å². The molecule has 2 heterocycles. The maximum atomic E-state index is 13.5. The molecule has 0 radical (unpaired) electrons. The number of carbonyl (C=O) groups is 1. The number of hydrogen-bond acceptors (Lipinski definition) is 7. The lowest BCUT2D eigenvalue weighted by atomic mass is 9.98. The average molecular weight is 529 g/mol. The third-order valence-electron chi connectivity index (χ3n) is 4.29. The van der Waals surface area contributed by atoms with Gasteiger partial charge in [0.05, 0.1) is 6.54 Å². The van der Waals surface area contributed by atoms with Gasteiger partial charge in [-0.1, -0.05) is 23.9 Å². The van der Waals surface area contributed by atoms with E-state index in [1.54, 1.807) is 26.1 Å². The van der Waals surface area contributed by atoms with Crippen molar-refractivity contribution in [3.63, 3.8) is 0 Å². The number of hydrogen-bond donors (Lipinski definition) is 3. The number of halogens is 3. The van der Waals surface area contributed by atoms with Gasteiger partial charge in [0, 0.05) is 24.2 Å². The zero-order valence-corrected chi connectivity index (χ0v) is 18.7. The molecule has 1 amide bonds. The summed E-state index contributed by atoms with van der Waals surface area (Å²) in [6.07, 6.45) is 8.84. The topological polar surface area (TPSA) is 105 Å². The van der Waals surface area contributed by atoms with Crippen LogP contribution in [-0.4, -0.2) is 46.4 Å². The smallest absolute Gasteiger partial charge is 0.308 e. The van der Waals surface area contributed by atoms with E-state index >= 15 is 0 Å². The SMILES string of the molecule is C#CNc1ncccc1Cc1ncnc(N[C@](C)(CC)C(=O)NCC(F)(F)I=C)n1. The van der Waals surface area contributed by atoms with Gasteiger partial charge in [0.15, 0.2) is 0 Å². The fourth-order valence-electron chi connectivity index (χ4n) is 2.38. The minimum atomic E-state index is -2.96. The lowest BCUT2D eigenvalue weighted by Gasteiger charge is -2.28. The highest BCUT2D eigenvalue weighted by atomic mass is 127. The first-order valence-corrected chi connectivity index (χ1v) is 11.5. The maximum absolute atomic E-state index is 13.5. The summed E-state index contributed by atoms with van der Waals surface area (Å²) in [4.78, 5) is 29.2. The molecule has 8 nitrogen and oxygen atoms in total. The van der Waals surface area contributed by atoms with E-state index in [9.17, 15) is 13.6 Å². The molecule has 0 unspecified atom stereocenters. The van der Waals surface area contributed by atoms with E-state index in [1.807, 2.05) is 6.07 Å². The third kappa shape index (κ3) is 6.38. The molecule has 0 aromatic carbocycles. The number of aromatic nitrogens is 4. The fourth-order valence-corrected chi connectivity index (χ4v) is 2.84. The van der Waals surface area contributed by atoms with Crippen LogP contribution < -0.4 is 16.0 Å². The summed E-state index contributed by atoms with van der Waals surface area (Å²) >= 11 is -1.57. The summed E-state index contributed by atoms with van der Waals surface area (Å²) in [5, 5.41) is 7.94. The molecular weight excluding hydrogens is 507 g/mol. The Morgan fingerprint density at radius 3 is 2.80 bits per heavy atom. The van der Waals surface area contributed by atoms with E-state index in [1.165, 1.54) is 6.33 Å². The molecule has 2 aromatic rings. The zero-order chi connectivity index (χ0) is 22.2. The molecule has 0 saturated carbocycles. The molecule has 0 aliphatic carbocycles. The van der Waals surface area contributed by atoms with Gasteiger partial charge < -0.3 is 10.6 Å². The molecule has 0 bridgehead atoms. The molecule has 2 aromatic heterocycles. The summed E-state index contributed by atoms with van der Waals surface area (Å²) in [6, 6.07) is 5.92. The number of terminal acetylenes is 1. The molecule has 0 spiro atoms. The van der Waals surface area contributed by atoms with Crippen molar-refractivity contribution < 1.29 is 13.6 Å². The summed E-state index contributed by atoms with van der Waals surface area (Å²) in [7, 11) is 0. The molecule has 0 saturated heterocycles. The van der Waals surface area contributed by atoms with E-state index in [2.05, 4.69) is 46.4 Å². The standard InChI is InChI=1S/C19H22F2IN7O/c1-5-18(3,16(30)25-11-19(20,21)22-4)29-17-27-12-26-14(28-17)10-13-8-7-9-24-15(13)23-6-2/h2,7-9,12H,4-5,10-11H2,1,3H3,(H,23,24)(H,25,30)(H,26,27,28,29)/t18-/m1/s1. The van der Waals surface area contributed by atoms with Crippen LogP contribution in [0.15, 0.2) is 24.7 Å². The Bertz CT molecular complexity index is 950. The third-order valence-corrected chi connectivity index (χ3v) is 5.79. The van der Waals surface area contributed by atoms with E-state index in [-0.39, 0.29) is 5.95 Å². The largest absolute Gasteiger partial charge is 0.347 e. The molecule has 30 heavy (non-hydrogen) atoms. The van der Waals surface area contributed by atoms with Crippen LogP contribution in [0.4, 0.5) is 20.5 Å². The fraction of sp³-hybridized carbons (Fsp3) is 0.368. The van der Waals surface area contributed by atoms with Gasteiger partial charge in [-0.15, -0.1) is 0 Å². The highest BCUT2D eigenvalue weighted by molar-refractivity contribution is 14.2. The van der Waals surface area contributed by atoms with Crippen molar-refractivity contribution in [1.29, 1.82) is 0 Å². The molecule has 0 fully saturated rings. The van der Waals surface area contributed by atoms with Gasteiger partial charge in [-0.05, 0) is 40.1 Å². The minimum Gasteiger partial charge on any atom is -0.347 e. The van der Waals surface area contributed by atoms with Crippen LogP contribution in [0, 0.1) is 12.5 Å². The van der Waals surface area contributed by atoms with Gasteiger partial charge in [-0.2, -0.15) is 13.8 Å². The number of nitrogens with zero attached hydrogens (tertiary/aromatic N) is 4. The number of alkyl halides is 3. The molecule has 11 heteroatoms. The number of anilines is 2. The molecule has 0 aliphatic rings. The normalized spacial score (nSPS) is 13.0. The van der Waals surface area contributed by atoms with Gasteiger partial charge >= 0.3 is 3.93 Å². The van der Waals surface area contributed by atoms with Gasteiger partial charge in [-0.25, -0.2) is 15.0 Å². The van der Waals surface area contributed by atoms with Crippen LogP contribution in [0.5, 0.6) is 0 Å². The van der Waals surface area contributed by atoms with Crippen LogP contribution in [0.2, 0.25) is 0 Å². The van der Waals surface area contributed by atoms with Crippen molar-refractivity contribution in [2.45, 2.75) is 36.2 Å². The highest BCUT2D eigenvalue weighted by Crippen LogP contribution is 2.26. The second-order valence-electron chi connectivity index (χ2n) is 6.42. The number of rotatable bonds is 10. The first kappa shape index (κ1) is 23.5. The Kier molecular flexibility index (Phi) is 8.10. The minimum absolute atomic E-state index is 0.159. The molecule has 3 N–H and O–H groups in total. The lowest BCUT2D eigenvalue weighted by molar-refractivity contribution is -0.125. The number of amides is 1. The zero-order valence-electron chi connectivity index (χ0n) is 16.5. The van der Waals surface area contributed by atoms with Crippen molar-refractivity contribution in [3.8, 4) is 12.5 Å². The second-order valence-corrected chi connectivity index (χ2v) is 8.77. The number of pyridine rings is 1. The molecule has 1 atom stereocenters. The second kappa shape index (κ2) is 10.3. The first-order valence-electron chi connectivity index (χ1n) is 8.90. The van der Waals surface area contributed by atoms with Crippen molar-refractivity contribution in [2.24, 2.45) is 0 Å². The molecule has 2 rings (SSSR count). The predicted octanol–water partition coefficient (Wildman–Crippen LogP) is 2.55. The average Bonchev–Trinajstić information content (AvgIpc) is 2.74. The van der Waals surface area contributed by atoms with Crippen LogP contribution in [0.1, 0.15) is 31.7 Å². The van der Waals surface area contributed by atoms with Crippen molar-refractivity contribution >= 4 is 42.9 Å². The van der Waals surface area contributed by atoms with Crippen molar-refractivity contribution in [1.82, 2.24) is 25.3 Å². The monoisotopic (exact) mass is 529 g/mol. The molecule has 0 aliphatic heterocycles. The van der Waals surface area contributed by atoms with E-state index < -0.39 is 42.7 Å². The Morgan fingerprint density at radius 1 is 1.37 bits per heavy atom. The summed E-state index contributed by atoms with van der Waals surface area (Å²) < 4.78 is 27.3. The molecule has 160 valence electrons. The Morgan fingerprint density at radius 2 is 2.13 bits per heavy atom. The lowest BCUT2D eigenvalue weighted by Crippen LogP contribution is -2.52. The Labute approximate surface area is 183 Å². The van der Waals surface area contributed by atoms with Crippen LogP contribution in [0.25, 0.3) is 0 Å². The van der Waals surface area contributed by atoms with Gasteiger partial charge in [0.1, 0.15) is 23.5 Å². The Hall–Kier alpha value is -2.75. The number of nitrogens with one attached hydrogen (secondary N) is 3. The van der Waals surface area contributed by atoms with E-state index in [4.69, 9.17) is 6.42 Å². The van der Waals surface area contributed by atoms with Crippen molar-refractivity contribution in [2.75, 3.05) is 17.2 Å². The van der Waals surface area contributed by atoms with Crippen LogP contribution in [0.3, 0.4) is 0 Å². The predicted molar refractivity (Wildman–Crippen MR) is 121 cm³/mol.